The van der Waals surface area contributed by atoms with Crippen LogP contribution in [0.3, 0.4) is 0 Å². The van der Waals surface area contributed by atoms with Crippen molar-refractivity contribution in [2.75, 3.05) is 13.2 Å². The third-order valence-corrected chi connectivity index (χ3v) is 2.15. The van der Waals surface area contributed by atoms with Crippen molar-refractivity contribution in [2.24, 2.45) is 5.16 Å². The molecule has 1 heterocycles. The smallest absolute Gasteiger partial charge is 0.373 e. The van der Waals surface area contributed by atoms with Gasteiger partial charge in [-0.05, 0) is 17.3 Å². The van der Waals surface area contributed by atoms with Gasteiger partial charge in [0.1, 0.15) is 12.4 Å². The number of nitrogens with one attached hydrogen (secondary N) is 1. The second kappa shape index (κ2) is 5.11. The van der Waals surface area contributed by atoms with E-state index in [4.69, 9.17) is 9.57 Å². The number of rotatable bonds is 3. The lowest BCUT2D eigenvalue weighted by molar-refractivity contribution is -0.355. The van der Waals surface area contributed by atoms with Gasteiger partial charge in [-0.15, -0.1) is 0 Å². The zero-order valence-electron chi connectivity index (χ0n) is 8.92. The molecule has 1 aromatic carbocycles. The summed E-state index contributed by atoms with van der Waals surface area (Å²) in [6, 6.07) is 6.55. The molecule has 0 fully saturated rings. The Balaban J connectivity index is 2.43. The molecule has 0 saturated carbocycles. The van der Waals surface area contributed by atoms with E-state index in [1.165, 1.54) is 6.07 Å². The number of para-hydroxylation sites is 1. The second-order valence-electron chi connectivity index (χ2n) is 3.23. The van der Waals surface area contributed by atoms with Crippen LogP contribution in [0.4, 0.5) is 0 Å². The first-order valence-electron chi connectivity index (χ1n) is 5.01. The average molecular weight is 235 g/mol. The molecule has 0 bridgehead atoms. The topological polar surface area (TPSA) is 82.1 Å². The lowest BCUT2D eigenvalue weighted by Crippen LogP contribution is -2.73. The highest BCUT2D eigenvalue weighted by Crippen LogP contribution is 2.16. The van der Waals surface area contributed by atoms with Crippen LogP contribution in [0, 0.1) is 0 Å². The third-order valence-electron chi connectivity index (χ3n) is 2.15. The van der Waals surface area contributed by atoms with Crippen LogP contribution in [0.2, 0.25) is 0 Å². The van der Waals surface area contributed by atoms with E-state index in [0.29, 0.717) is 25.2 Å². The summed E-state index contributed by atoms with van der Waals surface area (Å²) in [5.74, 6) is 0.165. The second-order valence-corrected chi connectivity index (χ2v) is 3.23. The minimum absolute atomic E-state index is 0.0220. The van der Waals surface area contributed by atoms with Gasteiger partial charge in [-0.1, -0.05) is 12.1 Å². The van der Waals surface area contributed by atoms with Crippen molar-refractivity contribution in [2.45, 2.75) is 0 Å². The van der Waals surface area contributed by atoms with Gasteiger partial charge in [-0.25, -0.2) is 4.79 Å². The number of nitrogens with zero attached hydrogens (tertiary/aromatic N) is 1. The number of oxime groups is 1. The molecule has 88 valence electrons. The fraction of sp³-hybridized carbons (Fsp3) is 0.182. The van der Waals surface area contributed by atoms with Crippen LogP contribution in [0.25, 0.3) is 0 Å². The van der Waals surface area contributed by atoms with Gasteiger partial charge in [0.2, 0.25) is 0 Å². The van der Waals surface area contributed by atoms with Crippen molar-refractivity contribution < 1.29 is 24.5 Å². The van der Waals surface area contributed by atoms with E-state index in [2.05, 4.69) is 10.1 Å². The molecule has 6 nitrogen and oxygen atoms in total. The Morgan fingerprint density at radius 1 is 1.41 bits per heavy atom. The molecule has 17 heavy (non-hydrogen) atoms. The van der Waals surface area contributed by atoms with Gasteiger partial charge in [0, 0.05) is 0 Å². The predicted molar refractivity (Wildman–Crippen MR) is 58.6 cm³/mol. The number of phenols is 1. The molecule has 0 aliphatic carbocycles. The van der Waals surface area contributed by atoms with Crippen molar-refractivity contribution >= 4 is 18.0 Å². The minimum Gasteiger partial charge on any atom is -0.507 e. The highest BCUT2D eigenvalue weighted by Gasteiger charge is 2.25. The fourth-order valence-electron chi connectivity index (χ4n) is 1.42. The molecular weight excluding hydrogens is 224 g/mol. The Bertz CT molecular complexity index is 482. The Kier molecular flexibility index (Phi) is 3.34. The van der Waals surface area contributed by atoms with Crippen molar-refractivity contribution in [3.8, 4) is 5.75 Å². The van der Waals surface area contributed by atoms with Crippen LogP contribution in [-0.4, -0.2) is 36.3 Å². The molecule has 1 aromatic rings. The molecule has 0 unspecified atom stereocenters. The van der Waals surface area contributed by atoms with E-state index >= 15 is 0 Å². The molecule has 2 N–H and O–H groups in total. The van der Waals surface area contributed by atoms with Gasteiger partial charge >= 0.3 is 12.3 Å². The van der Waals surface area contributed by atoms with Gasteiger partial charge in [0.05, 0.1) is 5.56 Å². The zero-order chi connectivity index (χ0) is 12.1. The van der Waals surface area contributed by atoms with E-state index in [1.807, 2.05) is 0 Å². The van der Waals surface area contributed by atoms with Crippen molar-refractivity contribution in [1.29, 1.82) is 0 Å². The number of hydrogen-bond donors (Lipinski definition) is 2. The van der Waals surface area contributed by atoms with Crippen LogP contribution < -0.4 is 4.99 Å². The van der Waals surface area contributed by atoms with Crippen LogP contribution in [0.1, 0.15) is 5.56 Å². The number of benzene rings is 1. The fourth-order valence-corrected chi connectivity index (χ4v) is 1.42. The van der Waals surface area contributed by atoms with Crippen molar-refractivity contribution in [3.63, 3.8) is 0 Å². The summed E-state index contributed by atoms with van der Waals surface area (Å²) >= 11 is 0. The van der Waals surface area contributed by atoms with Gasteiger partial charge in [-0.3, -0.25) is 0 Å². The predicted octanol–water partition coefficient (Wildman–Crippen LogP) is -1.22. The molecule has 1 aliphatic rings. The van der Waals surface area contributed by atoms with E-state index < -0.39 is 0 Å². The van der Waals surface area contributed by atoms with E-state index in [-0.39, 0.29) is 17.4 Å². The molecule has 1 amide bonds. The summed E-state index contributed by atoms with van der Waals surface area (Å²) in [4.78, 5) is 17.9. The first kappa shape index (κ1) is 11.1. The van der Waals surface area contributed by atoms with Gasteiger partial charge in [0.15, 0.2) is 6.61 Å². The van der Waals surface area contributed by atoms with Gasteiger partial charge < -0.3 is 14.7 Å². The van der Waals surface area contributed by atoms with Crippen molar-refractivity contribution in [3.05, 3.63) is 29.8 Å². The first-order chi connectivity index (χ1) is 8.33. The van der Waals surface area contributed by atoms with E-state index in [9.17, 15) is 9.90 Å². The van der Waals surface area contributed by atoms with Crippen LogP contribution >= 0.6 is 0 Å². The summed E-state index contributed by atoms with van der Waals surface area (Å²) in [7, 11) is 0. The lowest BCUT2D eigenvalue weighted by Gasteiger charge is -2.12. The molecular formula is C11H11N2O4+. The molecule has 0 atom stereocenters. The Morgan fingerprint density at radius 2 is 2.24 bits per heavy atom. The molecule has 0 aromatic heterocycles. The summed E-state index contributed by atoms with van der Waals surface area (Å²) in [6.07, 6.45) is 0.488. The maximum Gasteiger partial charge on any atom is 0.373 e. The van der Waals surface area contributed by atoms with E-state index in [1.54, 1.807) is 18.2 Å². The largest absolute Gasteiger partial charge is 0.507 e. The highest BCUT2D eigenvalue weighted by molar-refractivity contribution is 6.43. The summed E-state index contributed by atoms with van der Waals surface area (Å²) in [6.45, 7) is 0.703. The van der Waals surface area contributed by atoms with Gasteiger partial charge in [0.25, 0.3) is 5.71 Å². The zero-order valence-corrected chi connectivity index (χ0v) is 8.92. The number of amides is 1. The monoisotopic (exact) mass is 235 g/mol. The first-order valence-corrected chi connectivity index (χ1v) is 5.01. The number of hydrogen-bond acceptors (Lipinski definition) is 5. The molecule has 1 aliphatic heterocycles. The SMILES string of the molecule is O=C[NH+]=C(C1=NOCCO1)c1ccccc1O. The third kappa shape index (κ3) is 2.41. The number of carbonyl (C=O) groups is 1. The molecule has 0 saturated heterocycles. The minimum atomic E-state index is 0.0220. The Hall–Kier alpha value is -2.37. The summed E-state index contributed by atoms with van der Waals surface area (Å²) < 4.78 is 5.26. The van der Waals surface area contributed by atoms with E-state index in [0.717, 1.165) is 0 Å². The maximum atomic E-state index is 10.6. The van der Waals surface area contributed by atoms with Crippen LogP contribution in [0.15, 0.2) is 29.4 Å². The molecule has 6 heteroatoms. The standard InChI is InChI=1S/C11H10N2O4/c14-7-12-10(11-13-17-6-5-16-11)8-3-1-2-4-9(8)15/h1-4,7,15H,5-6H2/p+1. The number of ether oxygens (including phenoxy) is 1. The lowest BCUT2D eigenvalue weighted by atomic mass is 10.1. The number of carbonyl (C=O) groups excluding carboxylic acids is 1. The highest BCUT2D eigenvalue weighted by atomic mass is 16.7. The quantitative estimate of drug-likeness (QED) is 0.508. The molecule has 0 radical (unpaired) electrons. The Morgan fingerprint density at radius 3 is 2.88 bits per heavy atom. The number of aromatic hydroxyl groups is 1. The number of phenolic OH excluding ortho intramolecular Hbond substituents is 1. The van der Waals surface area contributed by atoms with Crippen LogP contribution in [-0.2, 0) is 14.4 Å². The molecule has 2 rings (SSSR count). The molecule has 0 spiro atoms. The van der Waals surface area contributed by atoms with Crippen molar-refractivity contribution in [1.82, 2.24) is 0 Å². The average Bonchev–Trinajstić information content (AvgIpc) is 2.38. The van der Waals surface area contributed by atoms with Crippen LogP contribution in [0.5, 0.6) is 5.75 Å². The summed E-state index contributed by atoms with van der Waals surface area (Å²) in [5.41, 5.74) is 0.696. The normalized spacial score (nSPS) is 15.5. The Labute approximate surface area is 97.2 Å². The van der Waals surface area contributed by atoms with Gasteiger partial charge in [-0.2, -0.15) is 4.99 Å². The summed E-state index contributed by atoms with van der Waals surface area (Å²) in [5, 5.41) is 13.4. The maximum absolute atomic E-state index is 10.6.